The molecule has 0 radical (unpaired) electrons. The Morgan fingerprint density at radius 2 is 1.70 bits per heavy atom. The van der Waals surface area contributed by atoms with Gasteiger partial charge in [-0.25, -0.2) is 14.2 Å². The SMILES string of the molecule is CCOC(=O)C1=C(c2ccccc2)N=c2s/c(=C\c3cc(I)c(OCc4ccc(F)cc4)c(I)c3)c(=O)n2[C@@H]1c1ccc(SC)cc1. The van der Waals surface area contributed by atoms with Crippen LogP contribution in [-0.4, -0.2) is 23.4 Å². The third kappa shape index (κ3) is 7.27. The number of carbonyl (C=O) groups is 1. The quantitative estimate of drug-likeness (QED) is 0.0868. The summed E-state index contributed by atoms with van der Waals surface area (Å²) in [5, 5.41) is 0. The third-order valence-corrected chi connectivity index (χ3v) is 10.7. The molecule has 0 aliphatic carbocycles. The molecule has 1 aliphatic rings. The number of carbonyl (C=O) groups excluding carboxylic acids is 1. The Balaban J connectivity index is 1.47. The van der Waals surface area contributed by atoms with Gasteiger partial charge in [-0.05, 0) is 118 Å². The molecule has 11 heteroatoms. The molecule has 0 saturated carbocycles. The molecule has 0 amide bonds. The van der Waals surface area contributed by atoms with Crippen LogP contribution in [0.1, 0.15) is 35.2 Å². The molecule has 0 bridgehead atoms. The van der Waals surface area contributed by atoms with Crippen LogP contribution in [-0.2, 0) is 16.1 Å². The van der Waals surface area contributed by atoms with E-state index in [2.05, 4.69) is 45.2 Å². The molecule has 0 N–H and O–H groups in total. The molecular formula is C36H27FI2N2O4S2. The highest BCUT2D eigenvalue weighted by atomic mass is 127. The number of aromatic nitrogens is 1. The van der Waals surface area contributed by atoms with Gasteiger partial charge in [-0.2, -0.15) is 0 Å². The number of benzene rings is 4. The average Bonchev–Trinajstić information content (AvgIpc) is 3.38. The molecule has 47 heavy (non-hydrogen) atoms. The minimum absolute atomic E-state index is 0.188. The molecule has 0 spiro atoms. The summed E-state index contributed by atoms with van der Waals surface area (Å²) in [7, 11) is 0. The molecule has 238 valence electrons. The van der Waals surface area contributed by atoms with Crippen molar-refractivity contribution in [2.45, 2.75) is 24.5 Å². The molecule has 6 rings (SSSR count). The molecule has 1 atom stereocenters. The Morgan fingerprint density at radius 3 is 2.34 bits per heavy atom. The van der Waals surface area contributed by atoms with Gasteiger partial charge in [0, 0.05) is 10.5 Å². The van der Waals surface area contributed by atoms with Crippen molar-refractivity contribution in [3.63, 3.8) is 0 Å². The normalized spacial score (nSPS) is 14.5. The molecule has 0 saturated heterocycles. The minimum Gasteiger partial charge on any atom is -0.487 e. The van der Waals surface area contributed by atoms with E-state index in [1.54, 1.807) is 35.4 Å². The van der Waals surface area contributed by atoms with E-state index in [9.17, 15) is 14.0 Å². The van der Waals surface area contributed by atoms with Crippen molar-refractivity contribution >= 4 is 86.0 Å². The second-order valence-corrected chi connectivity index (χ2v) is 14.6. The monoisotopic (exact) mass is 888 g/mol. The average molecular weight is 889 g/mol. The Bertz CT molecular complexity index is 2140. The molecule has 4 aromatic carbocycles. The van der Waals surface area contributed by atoms with E-state index in [1.165, 1.54) is 23.5 Å². The largest absolute Gasteiger partial charge is 0.487 e. The highest BCUT2D eigenvalue weighted by Gasteiger charge is 2.35. The highest BCUT2D eigenvalue weighted by Crippen LogP contribution is 2.36. The maximum atomic E-state index is 14.3. The molecule has 1 aromatic heterocycles. The summed E-state index contributed by atoms with van der Waals surface area (Å²) in [5.41, 5.74) is 3.80. The van der Waals surface area contributed by atoms with Gasteiger partial charge in [0.1, 0.15) is 18.2 Å². The lowest BCUT2D eigenvalue weighted by Gasteiger charge is -2.26. The van der Waals surface area contributed by atoms with Crippen molar-refractivity contribution < 1.29 is 18.7 Å². The summed E-state index contributed by atoms with van der Waals surface area (Å²) >= 11 is 7.35. The number of hydrogen-bond donors (Lipinski definition) is 0. The second kappa shape index (κ2) is 14.9. The topological polar surface area (TPSA) is 69.9 Å². The van der Waals surface area contributed by atoms with Gasteiger partial charge < -0.3 is 9.47 Å². The van der Waals surface area contributed by atoms with Gasteiger partial charge in [0.2, 0.25) is 0 Å². The second-order valence-electron chi connectivity index (χ2n) is 10.4. The van der Waals surface area contributed by atoms with Gasteiger partial charge >= 0.3 is 5.97 Å². The van der Waals surface area contributed by atoms with Crippen molar-refractivity contribution in [1.82, 2.24) is 4.57 Å². The molecule has 6 nitrogen and oxygen atoms in total. The fourth-order valence-electron chi connectivity index (χ4n) is 5.23. The number of nitrogens with zero attached hydrogens (tertiary/aromatic N) is 2. The fourth-order valence-corrected chi connectivity index (χ4v) is 8.77. The fraction of sp³-hybridized carbons (Fsp3) is 0.139. The Kier molecular flexibility index (Phi) is 10.6. The zero-order valence-electron chi connectivity index (χ0n) is 25.2. The molecule has 2 heterocycles. The Hall–Kier alpha value is -3.27. The first kappa shape index (κ1) is 33.6. The third-order valence-electron chi connectivity index (χ3n) is 7.42. The first-order valence-corrected chi connectivity index (χ1v) is 18.8. The van der Waals surface area contributed by atoms with Crippen LogP contribution < -0.4 is 19.6 Å². The van der Waals surface area contributed by atoms with Crippen LogP contribution in [0.5, 0.6) is 5.75 Å². The number of halogens is 3. The van der Waals surface area contributed by atoms with E-state index in [4.69, 9.17) is 14.5 Å². The summed E-state index contributed by atoms with van der Waals surface area (Å²) in [6.07, 6.45) is 3.85. The first-order chi connectivity index (χ1) is 22.8. The van der Waals surface area contributed by atoms with E-state index in [0.29, 0.717) is 27.2 Å². The van der Waals surface area contributed by atoms with Crippen LogP contribution >= 0.6 is 68.3 Å². The van der Waals surface area contributed by atoms with E-state index < -0.39 is 12.0 Å². The number of rotatable bonds is 9. The van der Waals surface area contributed by atoms with Crippen LogP contribution in [0.4, 0.5) is 4.39 Å². The number of ether oxygens (including phenoxy) is 2. The Labute approximate surface area is 306 Å². The lowest BCUT2D eigenvalue weighted by Crippen LogP contribution is -2.40. The maximum absolute atomic E-state index is 14.3. The molecular weight excluding hydrogens is 861 g/mol. The smallest absolute Gasteiger partial charge is 0.338 e. The van der Waals surface area contributed by atoms with Crippen molar-refractivity contribution in [1.29, 1.82) is 0 Å². The summed E-state index contributed by atoms with van der Waals surface area (Å²) < 4.78 is 28.8. The number of thioether (sulfide) groups is 1. The lowest BCUT2D eigenvalue weighted by molar-refractivity contribution is -0.138. The van der Waals surface area contributed by atoms with Gasteiger partial charge in [-0.15, -0.1) is 11.8 Å². The summed E-state index contributed by atoms with van der Waals surface area (Å²) in [4.78, 5) is 34.4. The standard InChI is InChI=1S/C36H27FI2N2O4S2/c1-3-44-35(43)30-31(23-7-5-4-6-8-23)40-36-41(32(30)24-11-15-26(46-2)16-12-24)34(42)29(47-36)19-22-17-27(38)33(28(39)18-22)45-20-21-9-13-25(37)14-10-21/h4-19,32H,3,20H2,1-2H3/b29-19-/t32-/m1/s1. The first-order valence-electron chi connectivity index (χ1n) is 14.6. The Morgan fingerprint density at radius 1 is 1.02 bits per heavy atom. The summed E-state index contributed by atoms with van der Waals surface area (Å²) in [5.74, 6) is -0.0844. The van der Waals surface area contributed by atoms with Crippen molar-refractivity contribution in [2.24, 2.45) is 4.99 Å². The zero-order chi connectivity index (χ0) is 33.1. The number of esters is 1. The highest BCUT2D eigenvalue weighted by molar-refractivity contribution is 14.1. The van der Waals surface area contributed by atoms with Gasteiger partial charge in [0.15, 0.2) is 4.80 Å². The van der Waals surface area contributed by atoms with Crippen molar-refractivity contribution in [2.75, 3.05) is 12.9 Å². The van der Waals surface area contributed by atoms with Crippen LogP contribution in [0, 0.1) is 13.0 Å². The van der Waals surface area contributed by atoms with Gasteiger partial charge in [-0.3, -0.25) is 9.36 Å². The predicted octanol–water partition coefficient (Wildman–Crippen LogP) is 7.58. The maximum Gasteiger partial charge on any atom is 0.338 e. The van der Waals surface area contributed by atoms with Crippen LogP contribution in [0.3, 0.4) is 0 Å². The van der Waals surface area contributed by atoms with Gasteiger partial charge in [0.25, 0.3) is 5.56 Å². The predicted molar refractivity (Wildman–Crippen MR) is 202 cm³/mol. The number of fused-ring (bicyclic) bond motifs is 1. The summed E-state index contributed by atoms with van der Waals surface area (Å²) in [6, 6.07) is 26.8. The van der Waals surface area contributed by atoms with Gasteiger partial charge in [-0.1, -0.05) is 65.9 Å². The molecule has 1 aliphatic heterocycles. The van der Waals surface area contributed by atoms with Crippen LogP contribution in [0.2, 0.25) is 0 Å². The van der Waals surface area contributed by atoms with E-state index in [0.717, 1.165) is 40.0 Å². The number of thiazole rings is 1. The molecule has 0 fully saturated rings. The summed E-state index contributed by atoms with van der Waals surface area (Å²) in [6.45, 7) is 2.25. The van der Waals surface area contributed by atoms with Gasteiger partial charge in [0.05, 0.1) is 35.6 Å². The molecule has 5 aromatic rings. The van der Waals surface area contributed by atoms with E-state index in [1.807, 2.05) is 79.1 Å². The van der Waals surface area contributed by atoms with E-state index >= 15 is 0 Å². The minimum atomic E-state index is -0.735. The number of hydrogen-bond acceptors (Lipinski definition) is 7. The lowest BCUT2D eigenvalue weighted by atomic mass is 9.93. The van der Waals surface area contributed by atoms with Crippen LogP contribution in [0.25, 0.3) is 11.8 Å². The van der Waals surface area contributed by atoms with Crippen molar-refractivity contribution in [3.05, 3.63) is 151 Å². The van der Waals surface area contributed by atoms with Crippen molar-refractivity contribution in [3.8, 4) is 5.75 Å². The molecule has 0 unspecified atom stereocenters. The zero-order valence-corrected chi connectivity index (χ0v) is 31.2. The van der Waals surface area contributed by atoms with Crippen LogP contribution in [0.15, 0.2) is 111 Å². The van der Waals surface area contributed by atoms with E-state index in [-0.39, 0.29) is 18.0 Å².